The van der Waals surface area contributed by atoms with Gasteiger partial charge >= 0.3 is 0 Å². The van der Waals surface area contributed by atoms with E-state index in [9.17, 15) is 0 Å². The molecule has 1 heterocycles. The Labute approximate surface area is 100 Å². The number of hydrogen-bond acceptors (Lipinski definition) is 1. The second-order valence-electron chi connectivity index (χ2n) is 4.98. The third-order valence-corrected chi connectivity index (χ3v) is 3.31. The molecule has 0 amide bonds. The van der Waals surface area contributed by atoms with Gasteiger partial charge in [0.15, 0.2) is 0 Å². The Kier molecular flexibility index (Phi) is 5.54. The van der Waals surface area contributed by atoms with Crippen LogP contribution in [0.3, 0.4) is 0 Å². The average Bonchev–Trinajstić information content (AvgIpc) is 2.23. The molecular formula is C15H25N. The highest BCUT2D eigenvalue weighted by atomic mass is 15.1. The van der Waals surface area contributed by atoms with Gasteiger partial charge in [0.1, 0.15) is 0 Å². The first-order valence-electron chi connectivity index (χ1n) is 6.33. The number of likely N-dealkylation sites (tertiary alicyclic amines) is 1. The van der Waals surface area contributed by atoms with E-state index < -0.39 is 0 Å². The molecule has 90 valence electrons. The van der Waals surface area contributed by atoms with Gasteiger partial charge in [-0.05, 0) is 47.2 Å². The summed E-state index contributed by atoms with van der Waals surface area (Å²) in [5.74, 6) is 0. The summed E-state index contributed by atoms with van der Waals surface area (Å²) < 4.78 is 0. The molecule has 1 nitrogen and oxygen atoms in total. The van der Waals surface area contributed by atoms with Crippen molar-refractivity contribution in [2.75, 3.05) is 13.6 Å². The van der Waals surface area contributed by atoms with Gasteiger partial charge in [0.25, 0.3) is 0 Å². The van der Waals surface area contributed by atoms with Crippen molar-refractivity contribution in [2.24, 2.45) is 0 Å². The molecule has 0 spiro atoms. The highest BCUT2D eigenvalue weighted by Gasteiger charge is 2.12. The molecule has 0 N–H and O–H groups in total. The van der Waals surface area contributed by atoms with E-state index in [0.717, 1.165) is 6.04 Å². The molecule has 0 aliphatic carbocycles. The first-order valence-corrected chi connectivity index (χ1v) is 6.33. The summed E-state index contributed by atoms with van der Waals surface area (Å²) in [6.07, 6.45) is 4.24. The Hall–Kier alpha value is -0.820. The van der Waals surface area contributed by atoms with Crippen LogP contribution in [0.15, 0.2) is 24.3 Å². The first kappa shape index (κ1) is 13.2. The molecule has 1 aromatic carbocycles. The topological polar surface area (TPSA) is 3.24 Å². The van der Waals surface area contributed by atoms with Crippen LogP contribution in [0.5, 0.6) is 0 Å². The maximum atomic E-state index is 2.43. The summed E-state index contributed by atoms with van der Waals surface area (Å²) in [6.45, 7) is 7.82. The van der Waals surface area contributed by atoms with Crippen molar-refractivity contribution in [1.82, 2.24) is 4.90 Å². The van der Waals surface area contributed by atoms with E-state index in [4.69, 9.17) is 0 Å². The Morgan fingerprint density at radius 2 is 1.75 bits per heavy atom. The predicted octanol–water partition coefficient (Wildman–Crippen LogP) is 3.79. The molecule has 16 heavy (non-hydrogen) atoms. The monoisotopic (exact) mass is 219 g/mol. The minimum absolute atomic E-state index is 0.837. The van der Waals surface area contributed by atoms with Gasteiger partial charge in [-0.2, -0.15) is 0 Å². The number of nitrogens with zero attached hydrogens (tertiary/aromatic N) is 1. The van der Waals surface area contributed by atoms with Crippen LogP contribution in [0.1, 0.15) is 37.3 Å². The van der Waals surface area contributed by atoms with E-state index in [2.05, 4.69) is 57.0 Å². The van der Waals surface area contributed by atoms with E-state index in [1.54, 1.807) is 0 Å². The van der Waals surface area contributed by atoms with Crippen molar-refractivity contribution < 1.29 is 0 Å². The van der Waals surface area contributed by atoms with Crippen LogP contribution in [0.2, 0.25) is 0 Å². The fourth-order valence-electron chi connectivity index (χ4n) is 2.05. The minimum Gasteiger partial charge on any atom is -0.304 e. The Bertz CT molecular complexity index is 279. The van der Waals surface area contributed by atoms with E-state index in [1.165, 1.54) is 36.9 Å². The molecule has 1 saturated heterocycles. The van der Waals surface area contributed by atoms with Crippen LogP contribution in [-0.4, -0.2) is 24.5 Å². The fraction of sp³-hybridized carbons (Fsp3) is 0.600. The molecule has 0 saturated carbocycles. The van der Waals surface area contributed by atoms with E-state index in [0.29, 0.717) is 0 Å². The average molecular weight is 219 g/mol. The number of hydrogen-bond donors (Lipinski definition) is 0. The van der Waals surface area contributed by atoms with E-state index in [-0.39, 0.29) is 0 Å². The SMILES string of the molecule is CC1CCCCN1C.Cc1cccc(C)c1. The Morgan fingerprint density at radius 1 is 1.12 bits per heavy atom. The van der Waals surface area contributed by atoms with E-state index >= 15 is 0 Å². The maximum Gasteiger partial charge on any atom is 0.00638 e. The third-order valence-electron chi connectivity index (χ3n) is 3.31. The molecule has 1 heteroatoms. The first-order chi connectivity index (χ1) is 7.59. The van der Waals surface area contributed by atoms with Gasteiger partial charge in [-0.25, -0.2) is 0 Å². The molecular weight excluding hydrogens is 194 g/mol. The van der Waals surface area contributed by atoms with Crippen molar-refractivity contribution in [3.8, 4) is 0 Å². The number of benzene rings is 1. The lowest BCUT2D eigenvalue weighted by Gasteiger charge is -2.29. The molecule has 1 aliphatic heterocycles. The molecule has 1 atom stereocenters. The molecule has 1 aromatic rings. The second kappa shape index (κ2) is 6.70. The summed E-state index contributed by atoms with van der Waals surface area (Å²) in [6, 6.07) is 9.29. The third kappa shape index (κ3) is 4.80. The van der Waals surface area contributed by atoms with Gasteiger partial charge in [-0.3, -0.25) is 0 Å². The zero-order valence-electron chi connectivity index (χ0n) is 11.2. The van der Waals surface area contributed by atoms with Gasteiger partial charge < -0.3 is 4.90 Å². The molecule has 0 radical (unpaired) electrons. The highest BCUT2D eigenvalue weighted by molar-refractivity contribution is 5.20. The van der Waals surface area contributed by atoms with Crippen LogP contribution in [0, 0.1) is 13.8 Å². The molecule has 1 aliphatic rings. The molecule has 1 fully saturated rings. The van der Waals surface area contributed by atoms with Crippen LogP contribution in [0.4, 0.5) is 0 Å². The minimum atomic E-state index is 0.837. The lowest BCUT2D eigenvalue weighted by Crippen LogP contribution is -2.33. The number of rotatable bonds is 0. The smallest absolute Gasteiger partial charge is 0.00638 e. The van der Waals surface area contributed by atoms with Gasteiger partial charge in [-0.15, -0.1) is 0 Å². The zero-order chi connectivity index (χ0) is 12.0. The highest BCUT2D eigenvalue weighted by Crippen LogP contribution is 2.13. The van der Waals surface area contributed by atoms with Gasteiger partial charge in [0.2, 0.25) is 0 Å². The summed E-state index contributed by atoms with van der Waals surface area (Å²) in [5, 5.41) is 0. The van der Waals surface area contributed by atoms with Crippen LogP contribution < -0.4 is 0 Å². The number of piperidine rings is 1. The lowest BCUT2D eigenvalue weighted by molar-refractivity contribution is 0.200. The molecule has 1 unspecified atom stereocenters. The quantitative estimate of drug-likeness (QED) is 0.641. The van der Waals surface area contributed by atoms with Gasteiger partial charge in [0, 0.05) is 6.04 Å². The number of aryl methyl sites for hydroxylation is 2. The Balaban J connectivity index is 0.000000160. The maximum absolute atomic E-state index is 2.43. The lowest BCUT2D eigenvalue weighted by atomic mass is 10.1. The van der Waals surface area contributed by atoms with Gasteiger partial charge in [-0.1, -0.05) is 41.8 Å². The summed E-state index contributed by atoms with van der Waals surface area (Å²) >= 11 is 0. The Morgan fingerprint density at radius 3 is 2.06 bits per heavy atom. The molecule has 2 rings (SSSR count). The summed E-state index contributed by atoms with van der Waals surface area (Å²) in [4.78, 5) is 2.43. The van der Waals surface area contributed by atoms with Crippen LogP contribution in [0.25, 0.3) is 0 Å². The summed E-state index contributed by atoms with van der Waals surface area (Å²) in [7, 11) is 2.21. The fourth-order valence-corrected chi connectivity index (χ4v) is 2.05. The van der Waals surface area contributed by atoms with Gasteiger partial charge in [0.05, 0.1) is 0 Å². The standard InChI is InChI=1S/C8H10.C7H15N/c1-7-4-3-5-8(2)6-7;1-7-5-3-4-6-8(7)2/h3-6H,1-2H3;7H,3-6H2,1-2H3. The van der Waals surface area contributed by atoms with Crippen molar-refractivity contribution in [2.45, 2.75) is 46.1 Å². The van der Waals surface area contributed by atoms with Crippen molar-refractivity contribution >= 4 is 0 Å². The normalized spacial score (nSPS) is 21.1. The van der Waals surface area contributed by atoms with Crippen molar-refractivity contribution in [3.05, 3.63) is 35.4 Å². The largest absolute Gasteiger partial charge is 0.304 e. The summed E-state index contributed by atoms with van der Waals surface area (Å²) in [5.41, 5.74) is 2.68. The van der Waals surface area contributed by atoms with Crippen molar-refractivity contribution in [1.29, 1.82) is 0 Å². The van der Waals surface area contributed by atoms with Crippen molar-refractivity contribution in [3.63, 3.8) is 0 Å². The van der Waals surface area contributed by atoms with Crippen LogP contribution in [-0.2, 0) is 0 Å². The molecule has 0 aromatic heterocycles. The second-order valence-corrected chi connectivity index (χ2v) is 4.98. The molecule has 0 bridgehead atoms. The van der Waals surface area contributed by atoms with Crippen LogP contribution >= 0.6 is 0 Å². The van der Waals surface area contributed by atoms with E-state index in [1.807, 2.05) is 0 Å². The zero-order valence-corrected chi connectivity index (χ0v) is 11.2. The predicted molar refractivity (Wildman–Crippen MR) is 71.9 cm³/mol.